The van der Waals surface area contributed by atoms with Crippen molar-refractivity contribution in [2.24, 2.45) is 0 Å². The number of carboxylic acids is 1. The Labute approximate surface area is 362 Å². The molecule has 0 unspecified atom stereocenters. The molecule has 4 heterocycles. The summed E-state index contributed by atoms with van der Waals surface area (Å²) in [5, 5.41) is 14.2. The van der Waals surface area contributed by atoms with Gasteiger partial charge in [-0.25, -0.2) is 9.78 Å². The first-order chi connectivity index (χ1) is 29.3. The van der Waals surface area contributed by atoms with Gasteiger partial charge in [0, 0.05) is 53.8 Å². The Hall–Kier alpha value is -6.37. The predicted octanol–water partition coefficient (Wildman–Crippen LogP) is 8.75. The molecule has 61 heavy (non-hydrogen) atoms. The molecule has 0 bridgehead atoms. The first kappa shape index (κ1) is 41.4. The molecule has 12 nitrogen and oxygen atoms in total. The van der Waals surface area contributed by atoms with Crippen LogP contribution in [0.1, 0.15) is 67.3 Å². The van der Waals surface area contributed by atoms with Crippen LogP contribution >= 0.6 is 23.2 Å². The monoisotopic (exact) mass is 860 g/mol. The molecule has 6 aromatic rings. The van der Waals surface area contributed by atoms with Crippen LogP contribution in [0.3, 0.4) is 0 Å². The quantitative estimate of drug-likeness (QED) is 0.129. The molecular weight excluding hydrogens is 819 g/mol. The van der Waals surface area contributed by atoms with Crippen LogP contribution in [0.2, 0.25) is 10.0 Å². The molecule has 0 aliphatic carbocycles. The van der Waals surface area contributed by atoms with Gasteiger partial charge in [0.1, 0.15) is 36.8 Å². The van der Waals surface area contributed by atoms with Gasteiger partial charge in [0.2, 0.25) is 5.91 Å². The van der Waals surface area contributed by atoms with Gasteiger partial charge in [0.15, 0.2) is 29.2 Å². The molecule has 312 valence electrons. The first-order valence-corrected chi connectivity index (χ1v) is 20.5. The predicted molar refractivity (Wildman–Crippen MR) is 228 cm³/mol. The van der Waals surface area contributed by atoms with Gasteiger partial charge in [0.25, 0.3) is 5.91 Å². The van der Waals surface area contributed by atoms with Crippen molar-refractivity contribution < 1.29 is 38.1 Å². The number of halogens is 2. The van der Waals surface area contributed by atoms with E-state index in [0.29, 0.717) is 38.9 Å². The number of amides is 2. The maximum absolute atomic E-state index is 14.2. The number of hydrogen-bond acceptors (Lipinski definition) is 9. The van der Waals surface area contributed by atoms with Crippen molar-refractivity contribution in [2.75, 3.05) is 6.61 Å². The Morgan fingerprint density at radius 2 is 1.69 bits per heavy atom. The fourth-order valence-corrected chi connectivity index (χ4v) is 8.06. The van der Waals surface area contributed by atoms with Crippen LogP contribution in [0.15, 0.2) is 95.5 Å². The molecule has 0 saturated carbocycles. The fraction of sp³-hybridized carbons (Fsp3) is 0.255. The number of aromatic nitrogens is 2. The number of ether oxygens (including phenoxy) is 3. The Balaban J connectivity index is 0.996. The molecule has 2 amide bonds. The number of nitrogens with zero attached hydrogens (tertiary/aromatic N) is 3. The average molecular weight is 862 g/mol. The molecule has 0 fully saturated rings. The number of benzene rings is 4. The zero-order valence-electron chi connectivity index (χ0n) is 33.8. The maximum atomic E-state index is 14.2. The van der Waals surface area contributed by atoms with Crippen LogP contribution in [0.4, 0.5) is 0 Å². The molecule has 2 aromatic heterocycles. The molecule has 0 saturated heterocycles. The highest BCUT2D eigenvalue weighted by molar-refractivity contribution is 6.33. The Bertz CT molecular complexity index is 2650. The van der Waals surface area contributed by atoms with Crippen LogP contribution in [-0.4, -0.2) is 56.4 Å². The van der Waals surface area contributed by atoms with Crippen LogP contribution in [-0.2, 0) is 35.6 Å². The van der Waals surface area contributed by atoms with Gasteiger partial charge in [0.05, 0.1) is 0 Å². The summed E-state index contributed by atoms with van der Waals surface area (Å²) in [6.45, 7) is 7.74. The van der Waals surface area contributed by atoms with Gasteiger partial charge in [-0.05, 0) is 108 Å². The van der Waals surface area contributed by atoms with E-state index in [1.165, 1.54) is 4.90 Å². The zero-order valence-corrected chi connectivity index (χ0v) is 35.3. The number of nitrogens with one attached hydrogen (secondary N) is 1. The van der Waals surface area contributed by atoms with Crippen molar-refractivity contribution in [3.8, 4) is 28.4 Å². The molecule has 2 N–H and O–H groups in total. The van der Waals surface area contributed by atoms with Crippen molar-refractivity contribution in [1.29, 1.82) is 0 Å². The summed E-state index contributed by atoms with van der Waals surface area (Å²) in [6.07, 6.45) is 1.45. The van der Waals surface area contributed by atoms with E-state index < -0.39 is 36.0 Å². The SMILES string of the molecule is Cc1nc(C(=O)N2Cc3cc4c(cc3C[C@H]2C(=O)N[C@@H](Cc2ccc(-c3ccnc(C)c3C)cc2)C(=O)O)OC[C@H](c2ccc(OCc3cc(Cl)ccc3Cl)cc2)O4)c(C)o1. The van der Waals surface area contributed by atoms with Crippen molar-refractivity contribution in [1.82, 2.24) is 20.2 Å². The zero-order chi connectivity index (χ0) is 42.9. The molecule has 0 spiro atoms. The van der Waals surface area contributed by atoms with Gasteiger partial charge in [-0.15, -0.1) is 0 Å². The third-order valence-electron chi connectivity index (χ3n) is 11.2. The number of pyridine rings is 1. The lowest BCUT2D eigenvalue weighted by Gasteiger charge is -2.37. The number of carboxylic acid groups (broad SMARTS) is 1. The number of aryl methyl sites for hydroxylation is 3. The van der Waals surface area contributed by atoms with Crippen molar-refractivity contribution in [2.45, 2.75) is 71.9 Å². The van der Waals surface area contributed by atoms with E-state index in [1.54, 1.807) is 38.2 Å². The summed E-state index contributed by atoms with van der Waals surface area (Å²) in [7, 11) is 0. The average Bonchev–Trinajstić information content (AvgIpc) is 3.60. The van der Waals surface area contributed by atoms with Crippen molar-refractivity contribution >= 4 is 41.0 Å². The second kappa shape index (κ2) is 17.3. The summed E-state index contributed by atoms with van der Waals surface area (Å²) in [5.41, 5.74) is 7.95. The summed E-state index contributed by atoms with van der Waals surface area (Å²) < 4.78 is 24.2. The summed E-state index contributed by atoms with van der Waals surface area (Å²) >= 11 is 12.4. The third-order valence-corrected chi connectivity index (χ3v) is 11.8. The van der Waals surface area contributed by atoms with Gasteiger partial charge >= 0.3 is 5.97 Å². The minimum atomic E-state index is -1.27. The van der Waals surface area contributed by atoms with E-state index in [2.05, 4.69) is 15.3 Å². The lowest BCUT2D eigenvalue weighted by atomic mass is 9.91. The highest BCUT2D eigenvalue weighted by atomic mass is 35.5. The third kappa shape index (κ3) is 8.92. The van der Waals surface area contributed by atoms with Crippen LogP contribution in [0.25, 0.3) is 11.1 Å². The number of oxazole rings is 1. The number of fused-ring (bicyclic) bond motifs is 2. The van der Waals surface area contributed by atoms with Crippen molar-refractivity contribution in [3.05, 3.63) is 158 Å². The number of rotatable bonds is 11. The van der Waals surface area contributed by atoms with Crippen LogP contribution < -0.4 is 19.5 Å². The van der Waals surface area contributed by atoms with E-state index in [0.717, 1.165) is 50.2 Å². The summed E-state index contributed by atoms with van der Waals surface area (Å²) in [4.78, 5) is 51.1. The normalized spacial score (nSPS) is 16.1. The van der Waals surface area contributed by atoms with Gasteiger partial charge in [-0.1, -0.05) is 59.6 Å². The Kier molecular flexibility index (Phi) is 11.7. The van der Waals surface area contributed by atoms with E-state index in [4.69, 9.17) is 41.8 Å². The van der Waals surface area contributed by atoms with E-state index in [-0.39, 0.29) is 38.3 Å². The Morgan fingerprint density at radius 3 is 2.41 bits per heavy atom. The number of carbonyl (C=O) groups is 3. The second-order valence-corrected chi connectivity index (χ2v) is 16.1. The number of carbonyl (C=O) groups excluding carboxylic acids is 2. The summed E-state index contributed by atoms with van der Waals surface area (Å²) in [5.74, 6) is -0.0811. The van der Waals surface area contributed by atoms with E-state index in [1.807, 2.05) is 80.6 Å². The molecule has 3 atom stereocenters. The summed E-state index contributed by atoms with van der Waals surface area (Å²) in [6, 6.07) is 23.6. The van der Waals surface area contributed by atoms with E-state index >= 15 is 0 Å². The highest BCUT2D eigenvalue weighted by Crippen LogP contribution is 2.41. The largest absolute Gasteiger partial charge is 0.489 e. The lowest BCUT2D eigenvalue weighted by Crippen LogP contribution is -2.56. The molecule has 0 radical (unpaired) electrons. The van der Waals surface area contributed by atoms with Gasteiger partial charge in [-0.3, -0.25) is 14.6 Å². The smallest absolute Gasteiger partial charge is 0.326 e. The minimum Gasteiger partial charge on any atom is -0.489 e. The lowest BCUT2D eigenvalue weighted by molar-refractivity contribution is -0.142. The highest BCUT2D eigenvalue weighted by Gasteiger charge is 2.39. The Morgan fingerprint density at radius 1 is 0.934 bits per heavy atom. The van der Waals surface area contributed by atoms with Crippen LogP contribution in [0, 0.1) is 27.7 Å². The molecular formula is C47H42Cl2N4O8. The number of hydrogen-bond donors (Lipinski definition) is 2. The van der Waals surface area contributed by atoms with Crippen LogP contribution in [0.5, 0.6) is 17.2 Å². The second-order valence-electron chi connectivity index (χ2n) is 15.2. The first-order valence-electron chi connectivity index (χ1n) is 19.7. The van der Waals surface area contributed by atoms with Crippen molar-refractivity contribution in [3.63, 3.8) is 0 Å². The minimum absolute atomic E-state index is 0.0225. The molecule has 4 aromatic carbocycles. The standard InChI is InChI=1S/C47H42Cl2N4O8/c1-25-26(2)50-16-15-37(25)30-7-5-29(6-8-30)17-39(47(56)57)52-45(54)40-19-32-20-41-42(21-33(32)22-53(40)46(55)44-27(3)60-28(4)51-44)61-43(24-59-41)31-9-12-36(13-10-31)58-23-34-18-35(48)11-14-38(34)49/h5-16,18,20-21,39-40,43H,17,19,22-24H2,1-4H3,(H,52,54)(H,56,57)/t39-,40-,43+/m0/s1. The molecule has 14 heteroatoms. The maximum Gasteiger partial charge on any atom is 0.326 e. The molecule has 2 aliphatic rings. The van der Waals surface area contributed by atoms with E-state index in [9.17, 15) is 19.5 Å². The van der Waals surface area contributed by atoms with Gasteiger partial charge < -0.3 is 34.0 Å². The fourth-order valence-electron chi connectivity index (χ4n) is 7.70. The number of aliphatic carboxylic acids is 1. The molecule has 8 rings (SSSR count). The molecule has 2 aliphatic heterocycles. The van der Waals surface area contributed by atoms with Gasteiger partial charge in [-0.2, -0.15) is 0 Å². The topological polar surface area (TPSA) is 153 Å².